The van der Waals surface area contributed by atoms with Gasteiger partial charge in [0.15, 0.2) is 0 Å². The SMILES string of the molecule is C[C@]12CC[C@H](O)CC1C[C@H](O)[C@@H]1[C@@H]2CC[C@]2(C)C(CCCC(=O)NCCS(=O)(=O)O)CC[C@@H]12. The Balaban J connectivity index is 1.34. The van der Waals surface area contributed by atoms with Crippen LogP contribution in [-0.2, 0) is 14.9 Å². The van der Waals surface area contributed by atoms with E-state index in [1.165, 1.54) is 6.42 Å². The number of amides is 1. The third kappa shape index (κ3) is 5.00. The summed E-state index contributed by atoms with van der Waals surface area (Å²) in [6, 6.07) is 0. The van der Waals surface area contributed by atoms with Gasteiger partial charge in [-0.2, -0.15) is 8.42 Å². The van der Waals surface area contributed by atoms with Crippen LogP contribution in [0.25, 0.3) is 0 Å². The Morgan fingerprint density at radius 2 is 1.70 bits per heavy atom. The number of nitrogens with one attached hydrogen (secondary N) is 1. The lowest BCUT2D eigenvalue weighted by Crippen LogP contribution is -2.58. The van der Waals surface area contributed by atoms with E-state index in [2.05, 4.69) is 19.2 Å². The second kappa shape index (κ2) is 9.40. The molecule has 190 valence electrons. The lowest BCUT2D eigenvalue weighted by atomic mass is 9.44. The van der Waals surface area contributed by atoms with Gasteiger partial charge in [-0.25, -0.2) is 0 Å². The van der Waals surface area contributed by atoms with E-state index in [9.17, 15) is 23.4 Å². The molecule has 2 unspecified atom stereocenters. The lowest BCUT2D eigenvalue weighted by molar-refractivity contribution is -0.172. The average Bonchev–Trinajstić information content (AvgIpc) is 3.05. The van der Waals surface area contributed by atoms with Gasteiger partial charge in [-0.1, -0.05) is 13.8 Å². The van der Waals surface area contributed by atoms with Crippen molar-refractivity contribution in [2.24, 2.45) is 40.4 Å². The Labute approximate surface area is 198 Å². The Morgan fingerprint density at radius 1 is 1.00 bits per heavy atom. The number of rotatable bonds is 7. The molecule has 4 saturated carbocycles. The third-order valence-corrected chi connectivity index (χ3v) is 11.2. The minimum atomic E-state index is -4.05. The van der Waals surface area contributed by atoms with Gasteiger partial charge in [-0.05, 0) is 105 Å². The minimum absolute atomic E-state index is 0.0569. The molecule has 4 aliphatic rings. The summed E-state index contributed by atoms with van der Waals surface area (Å²) in [7, 11) is -4.05. The molecule has 8 heteroatoms. The van der Waals surface area contributed by atoms with Crippen molar-refractivity contribution in [3.63, 3.8) is 0 Å². The van der Waals surface area contributed by atoms with Crippen molar-refractivity contribution in [2.45, 2.75) is 96.7 Å². The number of fused-ring (bicyclic) bond motifs is 5. The molecule has 4 aliphatic carbocycles. The molecule has 4 fully saturated rings. The molecular weight excluding hydrogens is 442 g/mol. The first-order valence-electron chi connectivity index (χ1n) is 13.0. The molecule has 1 amide bonds. The number of carbonyl (C=O) groups excluding carboxylic acids is 1. The van der Waals surface area contributed by atoms with Crippen LogP contribution >= 0.6 is 0 Å². The third-order valence-electron chi connectivity index (χ3n) is 10.5. The van der Waals surface area contributed by atoms with Crippen LogP contribution in [0.3, 0.4) is 0 Å². The maximum atomic E-state index is 12.1. The summed E-state index contributed by atoms with van der Waals surface area (Å²) in [4.78, 5) is 12.1. The standard InChI is InChI=1S/C25H43NO6S/c1-24-11-9-20-23(21(28)15-17-14-18(27)8-10-25(17,20)2)19(24)7-6-16(24)4-3-5-22(29)26-12-13-33(30,31)32/h16-21,23,27-28H,3-15H2,1-2H3,(H,26,29)(H,30,31,32)/t16?,17?,18-,19-,20-,21-,23-,24+,25-/m0/s1. The highest BCUT2D eigenvalue weighted by Crippen LogP contribution is 2.67. The van der Waals surface area contributed by atoms with Gasteiger partial charge in [0.25, 0.3) is 10.1 Å². The predicted octanol–water partition coefficient (Wildman–Crippen LogP) is 3.15. The van der Waals surface area contributed by atoms with Crippen LogP contribution in [0.15, 0.2) is 0 Å². The van der Waals surface area contributed by atoms with Crippen molar-refractivity contribution >= 4 is 16.0 Å². The zero-order valence-corrected chi connectivity index (χ0v) is 21.0. The van der Waals surface area contributed by atoms with E-state index in [1.807, 2.05) is 0 Å². The molecule has 0 aromatic rings. The first-order valence-corrected chi connectivity index (χ1v) is 14.6. The van der Waals surface area contributed by atoms with E-state index in [0.717, 1.165) is 57.8 Å². The van der Waals surface area contributed by atoms with Crippen LogP contribution in [0.1, 0.15) is 84.5 Å². The van der Waals surface area contributed by atoms with Crippen molar-refractivity contribution in [2.75, 3.05) is 12.3 Å². The molecule has 0 aromatic carbocycles. The highest BCUT2D eigenvalue weighted by Gasteiger charge is 2.62. The predicted molar refractivity (Wildman–Crippen MR) is 126 cm³/mol. The largest absolute Gasteiger partial charge is 0.393 e. The molecule has 7 nitrogen and oxygen atoms in total. The summed E-state index contributed by atoms with van der Waals surface area (Å²) in [5.74, 6) is 1.80. The van der Waals surface area contributed by atoms with Crippen molar-refractivity contribution in [3.8, 4) is 0 Å². The maximum Gasteiger partial charge on any atom is 0.266 e. The summed E-state index contributed by atoms with van der Waals surface area (Å²) in [5, 5.41) is 24.1. The fourth-order valence-corrected chi connectivity index (χ4v) is 9.06. The second-order valence-corrected chi connectivity index (χ2v) is 13.6. The molecule has 4 rings (SSSR count). The van der Waals surface area contributed by atoms with E-state index in [0.29, 0.717) is 36.0 Å². The fraction of sp³-hybridized carbons (Fsp3) is 0.960. The first kappa shape index (κ1) is 25.4. The zero-order chi connectivity index (χ0) is 24.0. The quantitative estimate of drug-likeness (QED) is 0.411. The van der Waals surface area contributed by atoms with Crippen LogP contribution in [0.5, 0.6) is 0 Å². The normalized spacial score (nSPS) is 45.1. The van der Waals surface area contributed by atoms with Gasteiger partial charge in [0.2, 0.25) is 5.91 Å². The molecule has 0 heterocycles. The second-order valence-electron chi connectivity index (χ2n) is 12.1. The van der Waals surface area contributed by atoms with Crippen LogP contribution < -0.4 is 5.32 Å². The molecular formula is C25H43NO6S. The van der Waals surface area contributed by atoms with Crippen LogP contribution in [0.4, 0.5) is 0 Å². The van der Waals surface area contributed by atoms with E-state index in [4.69, 9.17) is 4.55 Å². The Morgan fingerprint density at radius 3 is 2.42 bits per heavy atom. The first-order chi connectivity index (χ1) is 15.4. The van der Waals surface area contributed by atoms with E-state index in [-0.39, 0.29) is 35.5 Å². The number of aliphatic hydroxyl groups is 2. The Bertz CT molecular complexity index is 833. The molecule has 0 spiro atoms. The van der Waals surface area contributed by atoms with E-state index in [1.54, 1.807) is 0 Å². The maximum absolute atomic E-state index is 12.1. The van der Waals surface area contributed by atoms with Gasteiger partial charge in [0.1, 0.15) is 0 Å². The highest BCUT2D eigenvalue weighted by atomic mass is 32.2. The molecule has 0 saturated heterocycles. The summed E-state index contributed by atoms with van der Waals surface area (Å²) in [5.41, 5.74) is 0.448. The number of hydrogen-bond acceptors (Lipinski definition) is 5. The zero-order valence-electron chi connectivity index (χ0n) is 20.2. The molecule has 33 heavy (non-hydrogen) atoms. The summed E-state index contributed by atoms with van der Waals surface area (Å²) >= 11 is 0. The number of aliphatic hydroxyl groups excluding tert-OH is 2. The van der Waals surface area contributed by atoms with Gasteiger partial charge in [-0.15, -0.1) is 0 Å². The van der Waals surface area contributed by atoms with Gasteiger partial charge in [-0.3, -0.25) is 9.35 Å². The lowest BCUT2D eigenvalue weighted by Gasteiger charge is -2.62. The van der Waals surface area contributed by atoms with Crippen LogP contribution in [0.2, 0.25) is 0 Å². The van der Waals surface area contributed by atoms with Crippen LogP contribution in [0, 0.1) is 40.4 Å². The van der Waals surface area contributed by atoms with Gasteiger partial charge >= 0.3 is 0 Å². The highest BCUT2D eigenvalue weighted by molar-refractivity contribution is 7.85. The van der Waals surface area contributed by atoms with Crippen molar-refractivity contribution in [1.29, 1.82) is 0 Å². The average molecular weight is 486 g/mol. The fourth-order valence-electron chi connectivity index (χ4n) is 8.70. The van der Waals surface area contributed by atoms with Gasteiger partial charge in [0, 0.05) is 13.0 Å². The smallest absolute Gasteiger partial charge is 0.266 e. The number of carbonyl (C=O) groups is 1. The molecule has 4 N–H and O–H groups in total. The van der Waals surface area contributed by atoms with Gasteiger partial charge in [0.05, 0.1) is 18.0 Å². The van der Waals surface area contributed by atoms with E-state index < -0.39 is 15.9 Å². The van der Waals surface area contributed by atoms with Crippen LogP contribution in [-0.4, -0.2) is 53.6 Å². The molecule has 0 aliphatic heterocycles. The van der Waals surface area contributed by atoms with E-state index >= 15 is 0 Å². The Kier molecular flexibility index (Phi) is 7.23. The van der Waals surface area contributed by atoms with Crippen molar-refractivity contribution in [3.05, 3.63) is 0 Å². The minimum Gasteiger partial charge on any atom is -0.393 e. The summed E-state index contributed by atoms with van der Waals surface area (Å²) in [6.45, 7) is 4.80. The molecule has 0 radical (unpaired) electrons. The van der Waals surface area contributed by atoms with Crippen molar-refractivity contribution < 1.29 is 28.0 Å². The summed E-state index contributed by atoms with van der Waals surface area (Å²) < 4.78 is 30.3. The van der Waals surface area contributed by atoms with Gasteiger partial charge < -0.3 is 15.5 Å². The molecule has 0 aromatic heterocycles. The number of hydrogen-bond donors (Lipinski definition) is 4. The molecule has 0 bridgehead atoms. The topological polar surface area (TPSA) is 124 Å². The Hall–Kier alpha value is -0.700. The monoisotopic (exact) mass is 485 g/mol. The molecule has 9 atom stereocenters. The summed E-state index contributed by atoms with van der Waals surface area (Å²) in [6.07, 6.45) is 9.95. The van der Waals surface area contributed by atoms with Crippen molar-refractivity contribution in [1.82, 2.24) is 5.32 Å².